The summed E-state index contributed by atoms with van der Waals surface area (Å²) in [6, 6.07) is 9.52. The molecule has 156 valence electrons. The third-order valence-electron chi connectivity index (χ3n) is 5.22. The first-order chi connectivity index (χ1) is 13.8. The van der Waals surface area contributed by atoms with Crippen LogP contribution in [0.1, 0.15) is 43.0 Å². The maximum absolute atomic E-state index is 13.3. The Kier molecular flexibility index (Phi) is 6.54. The van der Waals surface area contributed by atoms with Crippen molar-refractivity contribution in [3.63, 3.8) is 0 Å². The second kappa shape index (κ2) is 8.92. The van der Waals surface area contributed by atoms with E-state index < -0.39 is 21.7 Å². The number of carbonyl (C=O) groups is 1. The molecule has 2 N–H and O–H groups in total. The third-order valence-corrected chi connectivity index (χ3v) is 6.73. The predicted molar refractivity (Wildman–Crippen MR) is 109 cm³/mol. The first-order valence-corrected chi connectivity index (χ1v) is 11.1. The van der Waals surface area contributed by atoms with Crippen LogP contribution in [0.25, 0.3) is 0 Å². The van der Waals surface area contributed by atoms with Crippen molar-refractivity contribution in [3.8, 4) is 5.75 Å². The number of halogens is 1. The molecule has 1 aliphatic rings. The van der Waals surface area contributed by atoms with E-state index in [2.05, 4.69) is 10.0 Å². The highest BCUT2D eigenvalue weighted by Crippen LogP contribution is 2.29. The van der Waals surface area contributed by atoms with E-state index in [9.17, 15) is 17.6 Å². The lowest BCUT2D eigenvalue weighted by Crippen LogP contribution is -2.41. The van der Waals surface area contributed by atoms with Gasteiger partial charge >= 0.3 is 0 Å². The Morgan fingerprint density at radius 2 is 1.90 bits per heavy atom. The molecule has 0 unspecified atom stereocenters. The van der Waals surface area contributed by atoms with E-state index in [4.69, 9.17) is 4.74 Å². The van der Waals surface area contributed by atoms with E-state index in [1.165, 1.54) is 43.5 Å². The topological polar surface area (TPSA) is 84.5 Å². The number of rotatable bonds is 6. The van der Waals surface area contributed by atoms with Crippen LogP contribution >= 0.6 is 0 Å². The standard InChI is InChI=1S/C21H25FN2O4S/c1-14-6-3-4-9-18(14)24-29(26,27)20-12-15(10-11-19(20)28-2)21(25)23-17-8-5-7-16(22)13-17/h5,7-8,10-14,18,24H,3-4,6,9H2,1-2H3,(H,23,25)/t14-,18-/m1/s1. The summed E-state index contributed by atoms with van der Waals surface area (Å²) in [6.07, 6.45) is 3.83. The summed E-state index contributed by atoms with van der Waals surface area (Å²) in [5, 5.41) is 2.57. The van der Waals surface area contributed by atoms with Crippen LogP contribution in [-0.2, 0) is 10.0 Å². The molecule has 3 rings (SSSR count). The van der Waals surface area contributed by atoms with Crippen molar-refractivity contribution in [2.45, 2.75) is 43.5 Å². The van der Waals surface area contributed by atoms with Gasteiger partial charge in [0.2, 0.25) is 10.0 Å². The highest BCUT2D eigenvalue weighted by molar-refractivity contribution is 7.89. The van der Waals surface area contributed by atoms with Crippen molar-refractivity contribution in [1.29, 1.82) is 0 Å². The van der Waals surface area contributed by atoms with Gasteiger partial charge in [0.25, 0.3) is 5.91 Å². The molecule has 1 fully saturated rings. The zero-order valence-corrected chi connectivity index (χ0v) is 17.3. The second-order valence-corrected chi connectivity index (χ2v) is 9.00. The average molecular weight is 421 g/mol. The quantitative estimate of drug-likeness (QED) is 0.741. The zero-order valence-electron chi connectivity index (χ0n) is 16.4. The van der Waals surface area contributed by atoms with E-state index in [0.717, 1.165) is 25.7 Å². The molecular formula is C21H25FN2O4S. The highest BCUT2D eigenvalue weighted by Gasteiger charge is 2.29. The predicted octanol–water partition coefficient (Wildman–Crippen LogP) is 3.94. The van der Waals surface area contributed by atoms with Gasteiger partial charge < -0.3 is 10.1 Å². The van der Waals surface area contributed by atoms with Crippen LogP contribution in [0.3, 0.4) is 0 Å². The van der Waals surface area contributed by atoms with Gasteiger partial charge in [0.15, 0.2) is 0 Å². The minimum Gasteiger partial charge on any atom is -0.495 e. The summed E-state index contributed by atoms with van der Waals surface area (Å²) in [4.78, 5) is 12.5. The molecule has 8 heteroatoms. The van der Waals surface area contributed by atoms with Crippen molar-refractivity contribution in [3.05, 3.63) is 53.8 Å². The van der Waals surface area contributed by atoms with Gasteiger partial charge in [-0.2, -0.15) is 0 Å². The zero-order chi connectivity index (χ0) is 21.0. The SMILES string of the molecule is COc1ccc(C(=O)Nc2cccc(F)c2)cc1S(=O)(=O)N[C@@H]1CCCC[C@H]1C. The lowest BCUT2D eigenvalue weighted by atomic mass is 9.87. The van der Waals surface area contributed by atoms with E-state index in [1.54, 1.807) is 6.07 Å². The van der Waals surface area contributed by atoms with Gasteiger partial charge in [-0.3, -0.25) is 4.79 Å². The van der Waals surface area contributed by atoms with E-state index in [1.807, 2.05) is 6.92 Å². The molecule has 2 atom stereocenters. The number of hydrogen-bond acceptors (Lipinski definition) is 4. The molecule has 29 heavy (non-hydrogen) atoms. The fourth-order valence-electron chi connectivity index (χ4n) is 3.55. The molecule has 0 aromatic heterocycles. The number of amides is 1. The van der Waals surface area contributed by atoms with Crippen LogP contribution in [0.5, 0.6) is 5.75 Å². The molecule has 0 spiro atoms. The minimum atomic E-state index is -3.89. The molecule has 6 nitrogen and oxygen atoms in total. The van der Waals surface area contributed by atoms with E-state index in [-0.39, 0.29) is 33.9 Å². The Morgan fingerprint density at radius 3 is 2.59 bits per heavy atom. The summed E-state index contributed by atoms with van der Waals surface area (Å²) < 4.78 is 47.4. The summed E-state index contributed by atoms with van der Waals surface area (Å²) in [5.74, 6) is -0.625. The molecule has 0 aliphatic heterocycles. The van der Waals surface area contributed by atoms with E-state index >= 15 is 0 Å². The van der Waals surface area contributed by atoms with Gasteiger partial charge in [0, 0.05) is 17.3 Å². The van der Waals surface area contributed by atoms with Gasteiger partial charge in [0.05, 0.1) is 7.11 Å². The van der Waals surface area contributed by atoms with Crippen LogP contribution in [0, 0.1) is 11.7 Å². The second-order valence-electron chi connectivity index (χ2n) is 7.32. The van der Waals surface area contributed by atoms with Crippen LogP contribution in [-0.4, -0.2) is 27.5 Å². The van der Waals surface area contributed by atoms with Gasteiger partial charge in [-0.15, -0.1) is 0 Å². The van der Waals surface area contributed by atoms with Gasteiger partial charge in [-0.1, -0.05) is 25.8 Å². The Morgan fingerprint density at radius 1 is 1.14 bits per heavy atom. The summed E-state index contributed by atoms with van der Waals surface area (Å²) >= 11 is 0. The Labute approximate surface area is 170 Å². The molecule has 0 bridgehead atoms. The first kappa shape index (κ1) is 21.3. The van der Waals surface area contributed by atoms with Crippen LogP contribution in [0.15, 0.2) is 47.4 Å². The number of carbonyl (C=O) groups excluding carboxylic acids is 1. The van der Waals surface area contributed by atoms with Crippen LogP contribution in [0.4, 0.5) is 10.1 Å². The maximum atomic E-state index is 13.3. The number of methoxy groups -OCH3 is 1. The third kappa shape index (κ3) is 5.13. The van der Waals surface area contributed by atoms with Crippen molar-refractivity contribution in [2.75, 3.05) is 12.4 Å². The molecule has 2 aromatic rings. The Bertz CT molecular complexity index is 994. The maximum Gasteiger partial charge on any atom is 0.255 e. The molecule has 2 aromatic carbocycles. The first-order valence-electron chi connectivity index (χ1n) is 9.57. The lowest BCUT2D eigenvalue weighted by Gasteiger charge is -2.29. The number of hydrogen-bond donors (Lipinski definition) is 2. The van der Waals surface area contributed by atoms with Gasteiger partial charge in [-0.25, -0.2) is 17.5 Å². The summed E-state index contributed by atoms with van der Waals surface area (Å²) in [6.45, 7) is 2.03. The highest BCUT2D eigenvalue weighted by atomic mass is 32.2. The molecule has 0 radical (unpaired) electrons. The molecule has 1 amide bonds. The number of ether oxygens (including phenoxy) is 1. The molecular weight excluding hydrogens is 395 g/mol. The Hall–Kier alpha value is -2.45. The number of nitrogens with one attached hydrogen (secondary N) is 2. The van der Waals surface area contributed by atoms with Crippen molar-refractivity contribution in [1.82, 2.24) is 4.72 Å². The lowest BCUT2D eigenvalue weighted by molar-refractivity contribution is 0.102. The fourth-order valence-corrected chi connectivity index (χ4v) is 5.13. The monoisotopic (exact) mass is 420 g/mol. The van der Waals surface area contributed by atoms with Gasteiger partial charge in [-0.05, 0) is 55.2 Å². The fraction of sp³-hybridized carbons (Fsp3) is 0.381. The summed E-state index contributed by atoms with van der Waals surface area (Å²) in [7, 11) is -2.51. The molecule has 0 saturated heterocycles. The van der Waals surface area contributed by atoms with Crippen molar-refractivity contribution in [2.24, 2.45) is 5.92 Å². The molecule has 0 heterocycles. The molecule has 1 aliphatic carbocycles. The van der Waals surface area contributed by atoms with E-state index in [0.29, 0.717) is 0 Å². The smallest absolute Gasteiger partial charge is 0.255 e. The van der Waals surface area contributed by atoms with Crippen molar-refractivity contribution < 1.29 is 22.3 Å². The number of sulfonamides is 1. The minimum absolute atomic E-state index is 0.0929. The largest absolute Gasteiger partial charge is 0.495 e. The van der Waals surface area contributed by atoms with Crippen LogP contribution < -0.4 is 14.8 Å². The average Bonchev–Trinajstić information content (AvgIpc) is 2.69. The van der Waals surface area contributed by atoms with Crippen molar-refractivity contribution >= 4 is 21.6 Å². The number of anilines is 1. The van der Waals surface area contributed by atoms with Gasteiger partial charge in [0.1, 0.15) is 16.5 Å². The van der Waals surface area contributed by atoms with Crippen LogP contribution in [0.2, 0.25) is 0 Å². The number of benzene rings is 2. The Balaban J connectivity index is 1.87. The summed E-state index contributed by atoms with van der Waals surface area (Å²) in [5.41, 5.74) is 0.413. The normalized spacial score (nSPS) is 19.6. The molecule has 1 saturated carbocycles.